The number of carbonyl (C=O) groups is 1. The number of rotatable bonds is 7. The van der Waals surface area contributed by atoms with Crippen molar-refractivity contribution in [2.24, 2.45) is 0 Å². The number of ether oxygens (including phenoxy) is 1. The number of hydrogen-bond donors (Lipinski definition) is 1. The maximum Gasteiger partial charge on any atom is 0.251 e. The normalized spacial score (nSPS) is 15.1. The van der Waals surface area contributed by atoms with Crippen LogP contribution in [0.2, 0.25) is 0 Å². The molecule has 27 heavy (non-hydrogen) atoms. The van der Waals surface area contributed by atoms with Crippen molar-refractivity contribution in [2.75, 3.05) is 39.4 Å². The fourth-order valence-corrected chi connectivity index (χ4v) is 3.03. The predicted molar refractivity (Wildman–Crippen MR) is 106 cm³/mol. The fourth-order valence-electron chi connectivity index (χ4n) is 3.03. The highest BCUT2D eigenvalue weighted by Gasteiger charge is 2.10. The Hall–Kier alpha value is -2.31. The molecule has 1 fully saturated rings. The zero-order chi connectivity index (χ0) is 19.1. The van der Waals surface area contributed by atoms with Crippen LogP contribution in [0, 0.1) is 0 Å². The fraction of sp³-hybridized carbons (Fsp3) is 0.476. The smallest absolute Gasteiger partial charge is 0.251 e. The Labute approximate surface area is 160 Å². The molecule has 1 aliphatic rings. The van der Waals surface area contributed by atoms with Gasteiger partial charge in [-0.2, -0.15) is 10.2 Å². The number of aromatic nitrogens is 2. The van der Waals surface area contributed by atoms with Gasteiger partial charge in [-0.1, -0.05) is 26.0 Å². The van der Waals surface area contributed by atoms with Gasteiger partial charge in [0.25, 0.3) is 5.91 Å². The zero-order valence-electron chi connectivity index (χ0n) is 16.1. The number of amides is 1. The first-order valence-corrected chi connectivity index (χ1v) is 9.66. The minimum atomic E-state index is -0.0373. The second-order valence-corrected chi connectivity index (χ2v) is 7.14. The molecule has 2 aromatic rings. The Morgan fingerprint density at radius 1 is 1.11 bits per heavy atom. The third-order valence-corrected chi connectivity index (χ3v) is 4.76. The molecule has 6 heteroatoms. The molecule has 6 nitrogen and oxygen atoms in total. The number of carbonyl (C=O) groups excluding carboxylic acids is 1. The van der Waals surface area contributed by atoms with Crippen LogP contribution in [0.15, 0.2) is 36.4 Å². The molecular weight excluding hydrogens is 340 g/mol. The average molecular weight is 368 g/mol. The van der Waals surface area contributed by atoms with Crippen LogP contribution >= 0.6 is 0 Å². The minimum absolute atomic E-state index is 0.0373. The first kappa shape index (κ1) is 19.5. The minimum Gasteiger partial charge on any atom is -0.379 e. The SMILES string of the molecule is CC(C)c1ccc(-c2ccc(C(=O)NCCCN3CCOCC3)cc2)nn1. The monoisotopic (exact) mass is 368 g/mol. The van der Waals surface area contributed by atoms with E-state index in [2.05, 4.69) is 34.3 Å². The van der Waals surface area contributed by atoms with Crippen molar-refractivity contribution in [1.29, 1.82) is 0 Å². The summed E-state index contributed by atoms with van der Waals surface area (Å²) in [7, 11) is 0. The van der Waals surface area contributed by atoms with Crippen molar-refractivity contribution in [1.82, 2.24) is 20.4 Å². The summed E-state index contributed by atoms with van der Waals surface area (Å²) in [5.41, 5.74) is 3.42. The lowest BCUT2D eigenvalue weighted by molar-refractivity contribution is 0.0374. The van der Waals surface area contributed by atoms with Crippen LogP contribution in [-0.4, -0.2) is 60.4 Å². The van der Waals surface area contributed by atoms with E-state index in [1.165, 1.54) is 0 Å². The highest BCUT2D eigenvalue weighted by atomic mass is 16.5. The summed E-state index contributed by atoms with van der Waals surface area (Å²) in [6, 6.07) is 11.5. The number of morpholine rings is 1. The van der Waals surface area contributed by atoms with E-state index >= 15 is 0 Å². The van der Waals surface area contributed by atoms with Crippen LogP contribution in [0.3, 0.4) is 0 Å². The lowest BCUT2D eigenvalue weighted by Crippen LogP contribution is -2.38. The second-order valence-electron chi connectivity index (χ2n) is 7.14. The van der Waals surface area contributed by atoms with E-state index < -0.39 is 0 Å². The number of nitrogens with zero attached hydrogens (tertiary/aromatic N) is 3. The van der Waals surface area contributed by atoms with E-state index in [9.17, 15) is 4.79 Å². The van der Waals surface area contributed by atoms with E-state index in [4.69, 9.17) is 4.74 Å². The molecule has 1 saturated heterocycles. The van der Waals surface area contributed by atoms with E-state index in [1.807, 2.05) is 36.4 Å². The lowest BCUT2D eigenvalue weighted by atomic mass is 10.1. The largest absolute Gasteiger partial charge is 0.379 e. The standard InChI is InChI=1S/C21H28N4O2/c1-16(2)19-8-9-20(24-23-19)17-4-6-18(7-5-17)21(26)22-10-3-11-25-12-14-27-15-13-25/h4-9,16H,3,10-15H2,1-2H3,(H,22,26). The van der Waals surface area contributed by atoms with E-state index in [-0.39, 0.29) is 5.91 Å². The van der Waals surface area contributed by atoms with Crippen molar-refractivity contribution in [3.05, 3.63) is 47.7 Å². The van der Waals surface area contributed by atoms with Gasteiger partial charge in [0.1, 0.15) is 0 Å². The summed E-state index contributed by atoms with van der Waals surface area (Å²) in [5.74, 6) is 0.325. The third-order valence-electron chi connectivity index (χ3n) is 4.76. The number of hydrogen-bond acceptors (Lipinski definition) is 5. The van der Waals surface area contributed by atoms with Gasteiger partial charge in [-0.3, -0.25) is 9.69 Å². The van der Waals surface area contributed by atoms with Gasteiger partial charge >= 0.3 is 0 Å². The van der Waals surface area contributed by atoms with Gasteiger partial charge in [0.15, 0.2) is 0 Å². The van der Waals surface area contributed by atoms with Crippen LogP contribution in [0.1, 0.15) is 42.2 Å². The zero-order valence-corrected chi connectivity index (χ0v) is 16.1. The average Bonchev–Trinajstić information content (AvgIpc) is 2.72. The van der Waals surface area contributed by atoms with Gasteiger partial charge in [-0.25, -0.2) is 0 Å². The molecule has 3 rings (SSSR count). The first-order valence-electron chi connectivity index (χ1n) is 9.66. The Bertz CT molecular complexity index is 723. The van der Waals surface area contributed by atoms with Crippen molar-refractivity contribution < 1.29 is 9.53 Å². The van der Waals surface area contributed by atoms with E-state index in [0.717, 1.165) is 56.2 Å². The highest BCUT2D eigenvalue weighted by Crippen LogP contribution is 2.19. The van der Waals surface area contributed by atoms with Crippen molar-refractivity contribution in [2.45, 2.75) is 26.2 Å². The summed E-state index contributed by atoms with van der Waals surface area (Å²) in [6.07, 6.45) is 0.946. The molecule has 0 unspecified atom stereocenters. The topological polar surface area (TPSA) is 67.4 Å². The molecule has 144 valence electrons. The van der Waals surface area contributed by atoms with Gasteiger partial charge in [-0.15, -0.1) is 0 Å². The molecule has 0 radical (unpaired) electrons. The van der Waals surface area contributed by atoms with Crippen molar-refractivity contribution >= 4 is 5.91 Å². The van der Waals surface area contributed by atoms with Gasteiger partial charge in [0.05, 0.1) is 24.6 Å². The van der Waals surface area contributed by atoms with E-state index in [0.29, 0.717) is 18.0 Å². The summed E-state index contributed by atoms with van der Waals surface area (Å²) in [5, 5.41) is 11.5. The Kier molecular flexibility index (Phi) is 6.90. The molecule has 0 saturated carbocycles. The molecule has 1 amide bonds. The van der Waals surface area contributed by atoms with Crippen molar-refractivity contribution in [3.8, 4) is 11.3 Å². The summed E-state index contributed by atoms with van der Waals surface area (Å²) in [4.78, 5) is 14.7. The van der Waals surface area contributed by atoms with Crippen LogP contribution in [0.25, 0.3) is 11.3 Å². The maximum atomic E-state index is 12.3. The van der Waals surface area contributed by atoms with Crippen LogP contribution in [0.5, 0.6) is 0 Å². The van der Waals surface area contributed by atoms with Crippen LogP contribution in [-0.2, 0) is 4.74 Å². The molecule has 1 aromatic heterocycles. The predicted octanol–water partition coefficient (Wildman–Crippen LogP) is 2.72. The molecule has 0 atom stereocenters. The molecule has 0 bridgehead atoms. The lowest BCUT2D eigenvalue weighted by Gasteiger charge is -2.26. The van der Waals surface area contributed by atoms with Gasteiger partial charge in [0, 0.05) is 30.8 Å². The highest BCUT2D eigenvalue weighted by molar-refractivity contribution is 5.94. The number of benzene rings is 1. The summed E-state index contributed by atoms with van der Waals surface area (Å²) >= 11 is 0. The second kappa shape index (κ2) is 9.58. The molecule has 2 heterocycles. The quantitative estimate of drug-likeness (QED) is 0.761. The van der Waals surface area contributed by atoms with Crippen LogP contribution < -0.4 is 5.32 Å². The van der Waals surface area contributed by atoms with Gasteiger partial charge < -0.3 is 10.1 Å². The van der Waals surface area contributed by atoms with Gasteiger partial charge in [-0.05, 0) is 43.1 Å². The summed E-state index contributed by atoms with van der Waals surface area (Å²) < 4.78 is 5.34. The third kappa shape index (κ3) is 5.58. The molecule has 1 N–H and O–H groups in total. The molecular formula is C21H28N4O2. The molecule has 0 aliphatic carbocycles. The summed E-state index contributed by atoms with van der Waals surface area (Å²) in [6.45, 7) is 9.45. The maximum absolute atomic E-state index is 12.3. The van der Waals surface area contributed by atoms with Crippen molar-refractivity contribution in [3.63, 3.8) is 0 Å². The first-order chi connectivity index (χ1) is 13.1. The van der Waals surface area contributed by atoms with Crippen LogP contribution in [0.4, 0.5) is 0 Å². The Morgan fingerprint density at radius 3 is 2.48 bits per heavy atom. The number of nitrogens with one attached hydrogen (secondary N) is 1. The molecule has 0 spiro atoms. The van der Waals surface area contributed by atoms with Gasteiger partial charge in [0.2, 0.25) is 0 Å². The van der Waals surface area contributed by atoms with E-state index in [1.54, 1.807) is 0 Å². The Balaban J connectivity index is 1.48. The Morgan fingerprint density at radius 2 is 1.85 bits per heavy atom. The molecule has 1 aliphatic heterocycles. The molecule has 1 aromatic carbocycles.